The predicted octanol–water partition coefficient (Wildman–Crippen LogP) is 1.52. The van der Waals surface area contributed by atoms with Crippen LogP contribution in [0.3, 0.4) is 0 Å². The molecule has 0 bridgehead atoms. The van der Waals surface area contributed by atoms with Gasteiger partial charge in [-0.05, 0) is 30.9 Å². The molecule has 0 aromatic carbocycles. The van der Waals surface area contributed by atoms with Gasteiger partial charge < -0.3 is 5.73 Å². The number of hydrogen-bond donors (Lipinski definition) is 1. The smallest absolute Gasteiger partial charge is 0.244 e. The van der Waals surface area contributed by atoms with Crippen LogP contribution >= 0.6 is 12.2 Å². The third-order valence-electron chi connectivity index (χ3n) is 3.61. The van der Waals surface area contributed by atoms with Gasteiger partial charge in [0.1, 0.15) is 9.88 Å². The molecule has 0 aliphatic carbocycles. The molecule has 1 aromatic heterocycles. The van der Waals surface area contributed by atoms with Crippen LogP contribution in [0.2, 0.25) is 0 Å². The van der Waals surface area contributed by atoms with Gasteiger partial charge >= 0.3 is 0 Å². The van der Waals surface area contributed by atoms with E-state index in [-0.39, 0.29) is 15.9 Å². The molecule has 0 radical (unpaired) electrons. The van der Waals surface area contributed by atoms with Crippen LogP contribution in [0.15, 0.2) is 23.2 Å². The summed E-state index contributed by atoms with van der Waals surface area (Å²) >= 11 is 4.81. The van der Waals surface area contributed by atoms with Gasteiger partial charge in [-0.15, -0.1) is 0 Å². The predicted molar refractivity (Wildman–Crippen MR) is 81.9 cm³/mol. The lowest BCUT2D eigenvalue weighted by atomic mass is 10.0. The van der Waals surface area contributed by atoms with Crippen molar-refractivity contribution in [2.75, 3.05) is 6.54 Å². The summed E-state index contributed by atoms with van der Waals surface area (Å²) in [6.45, 7) is 4.67. The van der Waals surface area contributed by atoms with Crippen LogP contribution < -0.4 is 5.73 Å². The highest BCUT2D eigenvalue weighted by molar-refractivity contribution is 7.89. The van der Waals surface area contributed by atoms with Crippen molar-refractivity contribution < 1.29 is 8.42 Å². The Morgan fingerprint density at radius 3 is 2.70 bits per heavy atom. The molecule has 1 aliphatic rings. The number of hydrogen-bond acceptors (Lipinski definition) is 4. The van der Waals surface area contributed by atoms with Crippen LogP contribution in [0.5, 0.6) is 0 Å². The quantitative estimate of drug-likeness (QED) is 0.853. The van der Waals surface area contributed by atoms with Crippen LogP contribution in [0.4, 0.5) is 0 Å². The second kappa shape index (κ2) is 5.75. The van der Waals surface area contributed by atoms with Gasteiger partial charge in [0.25, 0.3) is 0 Å². The van der Waals surface area contributed by atoms with E-state index in [1.807, 2.05) is 13.8 Å². The zero-order valence-corrected chi connectivity index (χ0v) is 13.2. The average molecular weight is 313 g/mol. The van der Waals surface area contributed by atoms with Gasteiger partial charge in [0.15, 0.2) is 0 Å². The van der Waals surface area contributed by atoms with Crippen molar-refractivity contribution in [2.24, 2.45) is 11.7 Å². The molecule has 2 N–H and O–H groups in total. The molecule has 1 atom stereocenters. The zero-order valence-electron chi connectivity index (χ0n) is 11.6. The molecule has 0 amide bonds. The highest BCUT2D eigenvalue weighted by Gasteiger charge is 2.36. The Morgan fingerprint density at radius 1 is 1.50 bits per heavy atom. The summed E-state index contributed by atoms with van der Waals surface area (Å²) in [4.78, 5) is 4.38. The second-order valence-electron chi connectivity index (χ2n) is 5.31. The summed E-state index contributed by atoms with van der Waals surface area (Å²) in [5.74, 6) is 0.302. The minimum atomic E-state index is -3.49. The van der Waals surface area contributed by atoms with Crippen molar-refractivity contribution >= 4 is 27.2 Å². The Balaban J connectivity index is 2.32. The first kappa shape index (κ1) is 15.3. The minimum absolute atomic E-state index is 0.0651. The fourth-order valence-corrected chi connectivity index (χ4v) is 4.44. The van der Waals surface area contributed by atoms with E-state index in [1.165, 1.54) is 12.3 Å². The zero-order chi connectivity index (χ0) is 14.9. The maximum atomic E-state index is 12.7. The number of sulfonamides is 1. The van der Waals surface area contributed by atoms with Gasteiger partial charge in [-0.3, -0.25) is 4.98 Å². The molecule has 1 unspecified atom stereocenters. The Morgan fingerprint density at radius 2 is 2.20 bits per heavy atom. The van der Waals surface area contributed by atoms with Crippen molar-refractivity contribution in [2.45, 2.75) is 37.6 Å². The largest absolute Gasteiger partial charge is 0.388 e. The standard InChI is InChI=1S/C13H19N3O2S2/c1-9(2)12-4-3-7-16(12)20(17,18)10-5-6-11(13(14)19)15-8-10/h5-6,8-9,12H,3-4,7H2,1-2H3,(H2,14,19). The van der Waals surface area contributed by atoms with E-state index >= 15 is 0 Å². The van der Waals surface area contributed by atoms with E-state index in [0.717, 1.165) is 12.8 Å². The van der Waals surface area contributed by atoms with E-state index in [2.05, 4.69) is 4.98 Å². The van der Waals surface area contributed by atoms with Crippen LogP contribution in [0, 0.1) is 5.92 Å². The van der Waals surface area contributed by atoms with Crippen molar-refractivity contribution in [3.63, 3.8) is 0 Å². The first-order valence-corrected chi connectivity index (χ1v) is 8.46. The van der Waals surface area contributed by atoms with Gasteiger partial charge in [-0.25, -0.2) is 8.42 Å². The summed E-state index contributed by atoms with van der Waals surface area (Å²) in [5.41, 5.74) is 5.90. The van der Waals surface area contributed by atoms with Gasteiger partial charge in [-0.2, -0.15) is 4.31 Å². The van der Waals surface area contributed by atoms with E-state index < -0.39 is 10.0 Å². The number of aromatic nitrogens is 1. The average Bonchev–Trinajstić information content (AvgIpc) is 2.89. The third-order valence-corrected chi connectivity index (χ3v) is 5.73. The number of rotatable bonds is 4. The van der Waals surface area contributed by atoms with Crippen molar-refractivity contribution in [1.29, 1.82) is 0 Å². The topological polar surface area (TPSA) is 76.3 Å². The van der Waals surface area contributed by atoms with E-state index in [0.29, 0.717) is 18.2 Å². The highest BCUT2D eigenvalue weighted by Crippen LogP contribution is 2.29. The van der Waals surface area contributed by atoms with Crippen molar-refractivity contribution in [1.82, 2.24) is 9.29 Å². The van der Waals surface area contributed by atoms with Gasteiger partial charge in [0.05, 0.1) is 5.69 Å². The fraction of sp³-hybridized carbons (Fsp3) is 0.538. The molecule has 0 spiro atoms. The van der Waals surface area contributed by atoms with E-state index in [4.69, 9.17) is 18.0 Å². The second-order valence-corrected chi connectivity index (χ2v) is 7.64. The summed E-state index contributed by atoms with van der Waals surface area (Å²) in [6, 6.07) is 3.14. The maximum absolute atomic E-state index is 12.7. The molecule has 2 rings (SSSR count). The van der Waals surface area contributed by atoms with Gasteiger partial charge in [0, 0.05) is 18.8 Å². The number of thiocarbonyl (C=S) groups is 1. The summed E-state index contributed by atoms with van der Waals surface area (Å²) in [7, 11) is -3.49. The van der Waals surface area contributed by atoms with Gasteiger partial charge in [0.2, 0.25) is 10.0 Å². The van der Waals surface area contributed by atoms with Crippen LogP contribution in [-0.2, 0) is 10.0 Å². The molecule has 20 heavy (non-hydrogen) atoms. The summed E-state index contributed by atoms with van der Waals surface area (Å²) in [5, 5.41) is 0. The van der Waals surface area contributed by atoms with Crippen LogP contribution in [0.25, 0.3) is 0 Å². The van der Waals surface area contributed by atoms with Crippen molar-refractivity contribution in [3.05, 3.63) is 24.0 Å². The number of pyridine rings is 1. The third kappa shape index (κ3) is 2.84. The maximum Gasteiger partial charge on any atom is 0.244 e. The lowest BCUT2D eigenvalue weighted by Gasteiger charge is -2.26. The molecule has 0 saturated carbocycles. The summed E-state index contributed by atoms with van der Waals surface area (Å²) in [6.07, 6.45) is 3.15. The SMILES string of the molecule is CC(C)C1CCCN1S(=O)(=O)c1ccc(C(N)=S)nc1. The molecule has 2 heterocycles. The normalized spacial score (nSPS) is 20.4. The Kier molecular flexibility index (Phi) is 4.41. The molecule has 110 valence electrons. The monoisotopic (exact) mass is 313 g/mol. The Hall–Kier alpha value is -1.05. The summed E-state index contributed by atoms with van der Waals surface area (Å²) < 4.78 is 26.9. The molecule has 7 heteroatoms. The fourth-order valence-electron chi connectivity index (χ4n) is 2.54. The Bertz CT molecular complexity index is 597. The van der Waals surface area contributed by atoms with Gasteiger partial charge in [-0.1, -0.05) is 26.1 Å². The van der Waals surface area contributed by atoms with E-state index in [9.17, 15) is 8.42 Å². The molecule has 5 nitrogen and oxygen atoms in total. The molecule has 1 aromatic rings. The lowest BCUT2D eigenvalue weighted by Crippen LogP contribution is -2.38. The molecule has 1 aliphatic heterocycles. The molecular formula is C13H19N3O2S2. The first-order chi connectivity index (χ1) is 9.34. The van der Waals surface area contributed by atoms with Crippen LogP contribution in [-0.4, -0.2) is 35.3 Å². The molecular weight excluding hydrogens is 294 g/mol. The Labute approximate surface area is 125 Å². The molecule has 1 fully saturated rings. The minimum Gasteiger partial charge on any atom is -0.388 e. The number of nitrogens with two attached hydrogens (primary N) is 1. The number of nitrogens with zero attached hydrogens (tertiary/aromatic N) is 2. The van der Waals surface area contributed by atoms with E-state index in [1.54, 1.807) is 10.4 Å². The lowest BCUT2D eigenvalue weighted by molar-refractivity contribution is 0.315. The van der Waals surface area contributed by atoms with Crippen LogP contribution in [0.1, 0.15) is 32.4 Å². The molecule has 1 saturated heterocycles. The highest BCUT2D eigenvalue weighted by atomic mass is 32.2. The van der Waals surface area contributed by atoms with Crippen molar-refractivity contribution in [3.8, 4) is 0 Å². The first-order valence-electron chi connectivity index (χ1n) is 6.61.